The molecule has 1 heterocycles. The van der Waals surface area contributed by atoms with Gasteiger partial charge >= 0.3 is 0 Å². The molecule has 5 heteroatoms. The van der Waals surface area contributed by atoms with Crippen molar-refractivity contribution < 1.29 is 0 Å². The lowest BCUT2D eigenvalue weighted by atomic mass is 10.1. The molecule has 0 aliphatic heterocycles. The fourth-order valence-electron chi connectivity index (χ4n) is 1.61. The first-order valence-electron chi connectivity index (χ1n) is 5.64. The zero-order valence-corrected chi connectivity index (χ0v) is 12.5. The summed E-state index contributed by atoms with van der Waals surface area (Å²) in [7, 11) is 0. The van der Waals surface area contributed by atoms with Gasteiger partial charge < -0.3 is 5.73 Å². The maximum Gasteiger partial charge on any atom is 0.114 e. The van der Waals surface area contributed by atoms with Gasteiger partial charge in [-0.25, -0.2) is 4.98 Å². The average molecular weight is 301 g/mol. The van der Waals surface area contributed by atoms with Gasteiger partial charge in [0.1, 0.15) is 5.01 Å². The van der Waals surface area contributed by atoms with Crippen LogP contribution < -0.4 is 5.73 Å². The number of hydrogen-bond donors (Lipinski definition) is 1. The second-order valence-electron chi connectivity index (χ2n) is 4.45. The van der Waals surface area contributed by atoms with Crippen LogP contribution in [0, 0.1) is 0 Å². The summed E-state index contributed by atoms with van der Waals surface area (Å²) in [5.74, 6) is 0.408. The third-order valence-corrected chi connectivity index (χ3v) is 4.02. The molecule has 0 amide bonds. The molecule has 0 saturated carbocycles. The van der Waals surface area contributed by atoms with E-state index in [2.05, 4.69) is 18.8 Å². The summed E-state index contributed by atoms with van der Waals surface area (Å²) in [6, 6.07) is 5.07. The second-order valence-corrected chi connectivity index (χ2v) is 6.21. The van der Waals surface area contributed by atoms with Crippen molar-refractivity contribution >= 4 is 34.5 Å². The highest BCUT2D eigenvalue weighted by Crippen LogP contribution is 2.29. The van der Waals surface area contributed by atoms with Crippen LogP contribution in [0.2, 0.25) is 10.0 Å². The summed E-state index contributed by atoms with van der Waals surface area (Å²) >= 11 is 13.5. The highest BCUT2D eigenvalue weighted by atomic mass is 35.5. The van der Waals surface area contributed by atoms with Crippen molar-refractivity contribution in [2.45, 2.75) is 25.8 Å². The largest absolute Gasteiger partial charge is 0.318 e. The monoisotopic (exact) mass is 300 g/mol. The Morgan fingerprint density at radius 2 is 1.78 bits per heavy atom. The molecule has 96 valence electrons. The standard InChI is InChI=1S/C13H14Cl2N2S/c1-7(2)11-6-18-13(17-11)12(16)8-3-9(14)5-10(15)4-8/h3-7,12H,16H2,1-2H3. The number of halogens is 2. The lowest BCUT2D eigenvalue weighted by molar-refractivity contribution is 0.795. The number of rotatable bonds is 3. The molecule has 1 unspecified atom stereocenters. The van der Waals surface area contributed by atoms with Crippen molar-refractivity contribution in [3.8, 4) is 0 Å². The van der Waals surface area contributed by atoms with Crippen molar-refractivity contribution in [3.05, 3.63) is 49.9 Å². The Bertz CT molecular complexity index is 531. The third kappa shape index (κ3) is 3.04. The van der Waals surface area contributed by atoms with Crippen LogP contribution in [0.15, 0.2) is 23.6 Å². The van der Waals surface area contributed by atoms with E-state index in [1.54, 1.807) is 17.4 Å². The van der Waals surface area contributed by atoms with Gasteiger partial charge in [0.2, 0.25) is 0 Å². The zero-order chi connectivity index (χ0) is 13.3. The highest BCUT2D eigenvalue weighted by Gasteiger charge is 2.15. The predicted molar refractivity (Wildman–Crippen MR) is 78.7 cm³/mol. The molecule has 0 spiro atoms. The second kappa shape index (κ2) is 5.57. The summed E-state index contributed by atoms with van der Waals surface area (Å²) in [4.78, 5) is 4.55. The van der Waals surface area contributed by atoms with E-state index in [4.69, 9.17) is 28.9 Å². The molecular formula is C13H14Cl2N2S. The predicted octanol–water partition coefficient (Wildman–Crippen LogP) is 4.62. The van der Waals surface area contributed by atoms with Crippen molar-refractivity contribution in [2.24, 2.45) is 5.73 Å². The van der Waals surface area contributed by atoms with Crippen LogP contribution in [0.5, 0.6) is 0 Å². The van der Waals surface area contributed by atoms with Gasteiger partial charge in [-0.15, -0.1) is 11.3 Å². The van der Waals surface area contributed by atoms with E-state index >= 15 is 0 Å². The fraction of sp³-hybridized carbons (Fsp3) is 0.308. The molecule has 0 fully saturated rings. The fourth-order valence-corrected chi connectivity index (χ4v) is 3.16. The Balaban J connectivity index is 2.31. The van der Waals surface area contributed by atoms with Crippen LogP contribution in [-0.4, -0.2) is 4.98 Å². The molecule has 2 aromatic rings. The maximum absolute atomic E-state index is 6.20. The average Bonchev–Trinajstić information content (AvgIpc) is 2.75. The minimum absolute atomic E-state index is 0.279. The minimum Gasteiger partial charge on any atom is -0.318 e. The normalized spacial score (nSPS) is 13.0. The first kappa shape index (κ1) is 13.8. The molecule has 1 aromatic carbocycles. The molecule has 0 bridgehead atoms. The van der Waals surface area contributed by atoms with Crippen molar-refractivity contribution in [1.82, 2.24) is 4.98 Å². The molecule has 2 rings (SSSR count). The van der Waals surface area contributed by atoms with E-state index in [9.17, 15) is 0 Å². The molecule has 0 saturated heterocycles. The quantitative estimate of drug-likeness (QED) is 0.898. The first-order valence-corrected chi connectivity index (χ1v) is 7.28. The van der Waals surface area contributed by atoms with Crippen LogP contribution in [0.25, 0.3) is 0 Å². The number of nitrogens with zero attached hydrogens (tertiary/aromatic N) is 1. The SMILES string of the molecule is CC(C)c1csc(C(N)c2cc(Cl)cc(Cl)c2)n1. The van der Waals surface area contributed by atoms with Gasteiger partial charge in [-0.1, -0.05) is 37.0 Å². The van der Waals surface area contributed by atoms with Crippen LogP contribution in [0.3, 0.4) is 0 Å². The van der Waals surface area contributed by atoms with Crippen LogP contribution in [-0.2, 0) is 0 Å². The molecule has 2 nitrogen and oxygen atoms in total. The molecular weight excluding hydrogens is 287 g/mol. The number of thiazole rings is 1. The van der Waals surface area contributed by atoms with E-state index < -0.39 is 0 Å². The first-order chi connectivity index (χ1) is 8.47. The number of nitrogens with two attached hydrogens (primary N) is 1. The van der Waals surface area contributed by atoms with Crippen molar-refractivity contribution in [1.29, 1.82) is 0 Å². The summed E-state index contributed by atoms with van der Waals surface area (Å²) in [6.07, 6.45) is 0. The van der Waals surface area contributed by atoms with Gasteiger partial charge in [0.15, 0.2) is 0 Å². The van der Waals surface area contributed by atoms with Gasteiger partial charge in [0.25, 0.3) is 0 Å². The Hall–Kier alpha value is -0.610. The summed E-state index contributed by atoms with van der Waals surface area (Å²) in [5, 5.41) is 4.12. The van der Waals surface area contributed by atoms with Gasteiger partial charge in [-0.3, -0.25) is 0 Å². The summed E-state index contributed by atoms with van der Waals surface area (Å²) in [5.41, 5.74) is 8.15. The highest BCUT2D eigenvalue weighted by molar-refractivity contribution is 7.09. The molecule has 0 radical (unpaired) electrons. The smallest absolute Gasteiger partial charge is 0.114 e. The minimum atomic E-state index is -0.279. The van der Waals surface area contributed by atoms with Crippen LogP contribution >= 0.6 is 34.5 Å². The summed E-state index contributed by atoms with van der Waals surface area (Å²) in [6.45, 7) is 4.22. The molecule has 1 aromatic heterocycles. The third-order valence-electron chi connectivity index (χ3n) is 2.64. The van der Waals surface area contributed by atoms with E-state index in [1.165, 1.54) is 0 Å². The van der Waals surface area contributed by atoms with Crippen LogP contribution in [0.4, 0.5) is 0 Å². The van der Waals surface area contributed by atoms with Gasteiger partial charge in [-0.2, -0.15) is 0 Å². The maximum atomic E-state index is 6.20. The molecule has 1 atom stereocenters. The van der Waals surface area contributed by atoms with E-state index in [-0.39, 0.29) is 6.04 Å². The number of aromatic nitrogens is 1. The molecule has 0 aliphatic rings. The van der Waals surface area contributed by atoms with E-state index in [0.717, 1.165) is 16.3 Å². The number of hydrogen-bond acceptors (Lipinski definition) is 3. The van der Waals surface area contributed by atoms with Crippen molar-refractivity contribution in [3.63, 3.8) is 0 Å². The molecule has 2 N–H and O–H groups in total. The van der Waals surface area contributed by atoms with Crippen LogP contribution in [0.1, 0.15) is 42.1 Å². The molecule has 0 aliphatic carbocycles. The lowest BCUT2D eigenvalue weighted by Crippen LogP contribution is -2.11. The Labute approximate surface area is 121 Å². The van der Waals surface area contributed by atoms with Gasteiger partial charge in [-0.05, 0) is 29.7 Å². The van der Waals surface area contributed by atoms with Gasteiger partial charge in [0, 0.05) is 15.4 Å². The number of benzene rings is 1. The topological polar surface area (TPSA) is 38.9 Å². The van der Waals surface area contributed by atoms with Crippen molar-refractivity contribution in [2.75, 3.05) is 0 Å². The molecule has 18 heavy (non-hydrogen) atoms. The van der Waals surface area contributed by atoms with Gasteiger partial charge in [0.05, 0.1) is 11.7 Å². The summed E-state index contributed by atoms with van der Waals surface area (Å²) < 4.78 is 0. The Morgan fingerprint density at radius 3 is 2.28 bits per heavy atom. The van der Waals surface area contributed by atoms with E-state index in [1.807, 2.05) is 17.5 Å². The Morgan fingerprint density at radius 1 is 1.17 bits per heavy atom. The Kier molecular flexibility index (Phi) is 4.28. The zero-order valence-electron chi connectivity index (χ0n) is 10.2. The lowest BCUT2D eigenvalue weighted by Gasteiger charge is -2.10. The van der Waals surface area contributed by atoms with E-state index in [0.29, 0.717) is 16.0 Å².